The van der Waals surface area contributed by atoms with Crippen LogP contribution in [0, 0.1) is 6.92 Å². The second kappa shape index (κ2) is 7.92. The monoisotopic (exact) mass is 317 g/mol. The van der Waals surface area contributed by atoms with Crippen molar-refractivity contribution in [1.82, 2.24) is 15.1 Å². The molecule has 18 heavy (non-hydrogen) atoms. The van der Waals surface area contributed by atoms with Crippen molar-refractivity contribution in [3.05, 3.63) is 15.9 Å². The van der Waals surface area contributed by atoms with Crippen molar-refractivity contribution in [2.24, 2.45) is 0 Å². The summed E-state index contributed by atoms with van der Waals surface area (Å²) >= 11 is 3.65. The highest BCUT2D eigenvalue weighted by molar-refractivity contribution is 9.10. The molecule has 104 valence electrons. The Morgan fingerprint density at radius 2 is 2.17 bits per heavy atom. The smallest absolute Gasteiger partial charge is 0.0738 e. The normalized spacial score (nSPS) is 12.9. The molecule has 0 fully saturated rings. The number of rotatable bonds is 8. The highest BCUT2D eigenvalue weighted by atomic mass is 79.9. The Morgan fingerprint density at radius 1 is 1.44 bits per heavy atom. The zero-order chi connectivity index (χ0) is 13.5. The minimum Gasteiger partial charge on any atom is -0.385 e. The van der Waals surface area contributed by atoms with E-state index in [0.717, 1.165) is 42.7 Å². The minimum atomic E-state index is 0.438. The van der Waals surface area contributed by atoms with Gasteiger partial charge in [-0.1, -0.05) is 6.92 Å². The molecule has 5 heteroatoms. The molecular formula is C13H24BrN3O. The van der Waals surface area contributed by atoms with Crippen molar-refractivity contribution < 1.29 is 4.74 Å². The van der Waals surface area contributed by atoms with Gasteiger partial charge >= 0.3 is 0 Å². The first-order chi connectivity index (χ1) is 8.63. The average molecular weight is 318 g/mol. The largest absolute Gasteiger partial charge is 0.385 e. The fourth-order valence-electron chi connectivity index (χ4n) is 2.12. The summed E-state index contributed by atoms with van der Waals surface area (Å²) in [7, 11) is 1.75. The van der Waals surface area contributed by atoms with Gasteiger partial charge in [0.15, 0.2) is 0 Å². The lowest BCUT2D eigenvalue weighted by atomic mass is 10.1. The van der Waals surface area contributed by atoms with Gasteiger partial charge in [-0.25, -0.2) is 0 Å². The maximum absolute atomic E-state index is 5.17. The fraction of sp³-hybridized carbons (Fsp3) is 0.769. The second-order valence-electron chi connectivity index (χ2n) is 4.40. The van der Waals surface area contributed by atoms with Crippen LogP contribution >= 0.6 is 15.9 Å². The Morgan fingerprint density at radius 3 is 2.72 bits per heavy atom. The van der Waals surface area contributed by atoms with Crippen LogP contribution < -0.4 is 5.32 Å². The molecule has 1 aromatic heterocycles. The summed E-state index contributed by atoms with van der Waals surface area (Å²) in [5.74, 6) is 0. The van der Waals surface area contributed by atoms with E-state index in [9.17, 15) is 0 Å². The molecule has 1 N–H and O–H groups in total. The molecule has 0 saturated carbocycles. The summed E-state index contributed by atoms with van der Waals surface area (Å²) in [6.07, 6.45) is 2.00. The number of ether oxygens (including phenoxy) is 1. The predicted octanol–water partition coefficient (Wildman–Crippen LogP) is 2.53. The quantitative estimate of drug-likeness (QED) is 0.800. The number of likely N-dealkylation sites (N-methyl/N-ethyl adjacent to an activating group) is 1. The van der Waals surface area contributed by atoms with Crippen LogP contribution in [0.4, 0.5) is 0 Å². The third-order valence-electron chi connectivity index (χ3n) is 3.06. The van der Waals surface area contributed by atoms with Gasteiger partial charge in [-0.2, -0.15) is 5.10 Å². The zero-order valence-corrected chi connectivity index (χ0v) is 13.4. The lowest BCUT2D eigenvalue weighted by Gasteiger charge is -2.18. The van der Waals surface area contributed by atoms with Gasteiger partial charge in [0, 0.05) is 32.7 Å². The number of nitrogens with zero attached hydrogens (tertiary/aromatic N) is 2. The average Bonchev–Trinajstić information content (AvgIpc) is 2.63. The second-order valence-corrected chi connectivity index (χ2v) is 5.20. The van der Waals surface area contributed by atoms with Crippen LogP contribution in [0.3, 0.4) is 0 Å². The van der Waals surface area contributed by atoms with E-state index in [1.807, 2.05) is 6.92 Å². The van der Waals surface area contributed by atoms with E-state index in [1.54, 1.807) is 7.11 Å². The first-order valence-corrected chi connectivity index (χ1v) is 7.37. The van der Waals surface area contributed by atoms with Gasteiger partial charge in [0.1, 0.15) is 0 Å². The third-order valence-corrected chi connectivity index (χ3v) is 4.09. The molecule has 0 aliphatic rings. The molecule has 0 aliphatic heterocycles. The van der Waals surface area contributed by atoms with Crippen molar-refractivity contribution in [3.8, 4) is 0 Å². The molecule has 1 atom stereocenters. The van der Waals surface area contributed by atoms with E-state index in [0.29, 0.717) is 6.04 Å². The van der Waals surface area contributed by atoms with Gasteiger partial charge in [0.05, 0.1) is 15.9 Å². The van der Waals surface area contributed by atoms with Crippen molar-refractivity contribution in [2.75, 3.05) is 20.3 Å². The molecule has 1 rings (SSSR count). The Hall–Kier alpha value is -0.390. The summed E-state index contributed by atoms with van der Waals surface area (Å²) in [6.45, 7) is 8.97. The summed E-state index contributed by atoms with van der Waals surface area (Å²) < 4.78 is 8.40. The van der Waals surface area contributed by atoms with Gasteiger partial charge in [0.2, 0.25) is 0 Å². The molecule has 0 aromatic carbocycles. The molecule has 4 nitrogen and oxygen atoms in total. The van der Waals surface area contributed by atoms with Gasteiger partial charge in [-0.3, -0.25) is 4.68 Å². The van der Waals surface area contributed by atoms with Gasteiger partial charge in [-0.15, -0.1) is 0 Å². The molecule has 1 heterocycles. The first kappa shape index (κ1) is 15.7. The Kier molecular flexibility index (Phi) is 6.89. The van der Waals surface area contributed by atoms with Crippen molar-refractivity contribution >= 4 is 15.9 Å². The van der Waals surface area contributed by atoms with Crippen molar-refractivity contribution in [3.63, 3.8) is 0 Å². The Balaban J connectivity index is 2.78. The summed E-state index contributed by atoms with van der Waals surface area (Å²) in [5, 5.41) is 8.04. The maximum atomic E-state index is 5.17. The van der Waals surface area contributed by atoms with E-state index >= 15 is 0 Å². The number of hydrogen-bond donors (Lipinski definition) is 1. The lowest BCUT2D eigenvalue weighted by molar-refractivity contribution is 0.182. The van der Waals surface area contributed by atoms with Crippen LogP contribution in [-0.2, 0) is 17.7 Å². The third kappa shape index (κ3) is 4.07. The topological polar surface area (TPSA) is 39.1 Å². The highest BCUT2D eigenvalue weighted by Crippen LogP contribution is 2.22. The number of halogens is 1. The highest BCUT2D eigenvalue weighted by Gasteiger charge is 2.16. The number of aryl methyl sites for hydroxylation is 2. The van der Waals surface area contributed by atoms with Crippen LogP contribution in [0.2, 0.25) is 0 Å². The molecule has 1 unspecified atom stereocenters. The number of hydrogen-bond acceptors (Lipinski definition) is 3. The van der Waals surface area contributed by atoms with E-state index < -0.39 is 0 Å². The van der Waals surface area contributed by atoms with E-state index in [4.69, 9.17) is 4.74 Å². The standard InChI is InChI=1S/C13H24BrN3O/c1-5-15-11(7-8-18-4)9-12-13(14)10(3)16-17(12)6-2/h11,15H,5-9H2,1-4H3. The minimum absolute atomic E-state index is 0.438. The van der Waals surface area contributed by atoms with Gasteiger partial charge in [-0.05, 0) is 42.7 Å². The molecule has 0 aliphatic carbocycles. The molecule has 0 saturated heterocycles. The molecule has 1 aromatic rings. The van der Waals surface area contributed by atoms with E-state index in [2.05, 4.69) is 44.9 Å². The molecule has 0 bridgehead atoms. The van der Waals surface area contributed by atoms with Crippen molar-refractivity contribution in [1.29, 1.82) is 0 Å². The number of methoxy groups -OCH3 is 1. The number of nitrogens with one attached hydrogen (secondary N) is 1. The van der Waals surface area contributed by atoms with Crippen LogP contribution in [0.1, 0.15) is 31.7 Å². The van der Waals surface area contributed by atoms with E-state index in [1.165, 1.54) is 5.69 Å². The van der Waals surface area contributed by atoms with Gasteiger partial charge < -0.3 is 10.1 Å². The summed E-state index contributed by atoms with van der Waals surface area (Å²) in [4.78, 5) is 0. The SMILES string of the molecule is CCNC(CCOC)Cc1c(Br)c(C)nn1CC. The molecule has 0 amide bonds. The predicted molar refractivity (Wildman–Crippen MR) is 78.0 cm³/mol. The lowest BCUT2D eigenvalue weighted by Crippen LogP contribution is -2.33. The van der Waals surface area contributed by atoms with Crippen LogP contribution in [-0.4, -0.2) is 36.1 Å². The first-order valence-electron chi connectivity index (χ1n) is 6.58. The molecule has 0 radical (unpaired) electrons. The summed E-state index contributed by atoms with van der Waals surface area (Å²) in [5.41, 5.74) is 2.34. The van der Waals surface area contributed by atoms with Crippen LogP contribution in [0.25, 0.3) is 0 Å². The van der Waals surface area contributed by atoms with Gasteiger partial charge in [0.25, 0.3) is 0 Å². The Labute approximate surface area is 118 Å². The fourth-order valence-corrected chi connectivity index (χ4v) is 2.57. The Bertz CT molecular complexity index is 365. The molecular weight excluding hydrogens is 294 g/mol. The number of aromatic nitrogens is 2. The molecule has 0 spiro atoms. The zero-order valence-electron chi connectivity index (χ0n) is 11.8. The van der Waals surface area contributed by atoms with Crippen LogP contribution in [0.15, 0.2) is 4.47 Å². The van der Waals surface area contributed by atoms with Crippen molar-refractivity contribution in [2.45, 2.75) is 46.2 Å². The van der Waals surface area contributed by atoms with Crippen LogP contribution in [0.5, 0.6) is 0 Å². The van der Waals surface area contributed by atoms with E-state index in [-0.39, 0.29) is 0 Å². The summed E-state index contributed by atoms with van der Waals surface area (Å²) in [6, 6.07) is 0.438. The maximum Gasteiger partial charge on any atom is 0.0738 e.